The fraction of sp³-hybridized carbons (Fsp3) is 0.778. The van der Waals surface area contributed by atoms with Gasteiger partial charge in [-0.2, -0.15) is 0 Å². The summed E-state index contributed by atoms with van der Waals surface area (Å²) in [4.78, 5) is 0. The van der Waals surface area contributed by atoms with Crippen LogP contribution in [-0.4, -0.2) is 12.6 Å². The van der Waals surface area contributed by atoms with Gasteiger partial charge in [-0.25, -0.2) is 0 Å². The van der Waals surface area contributed by atoms with Gasteiger partial charge in [-0.1, -0.05) is 34.6 Å². The second kappa shape index (κ2) is 54.1. The van der Waals surface area contributed by atoms with E-state index in [0.717, 1.165) is 6.54 Å². The third kappa shape index (κ3) is 4900. The highest BCUT2D eigenvalue weighted by Gasteiger charge is 1.67. The van der Waals surface area contributed by atoms with Crippen LogP contribution >= 0.6 is 0 Å². The Balaban J connectivity index is -0.0000000315. The molecule has 11 heavy (non-hydrogen) atoms. The Kier molecular flexibility index (Phi) is 110. The van der Waals surface area contributed by atoms with Gasteiger partial charge >= 0.3 is 0 Å². The van der Waals surface area contributed by atoms with Crippen LogP contribution in [0.25, 0.3) is 0 Å². The molecule has 0 saturated carbocycles. The molecule has 0 atom stereocenters. The maximum absolute atomic E-state index is 5.11. The van der Waals surface area contributed by atoms with Crippen LogP contribution in [0.4, 0.5) is 0 Å². The Morgan fingerprint density at radius 3 is 1.18 bits per heavy atom. The molecule has 0 aliphatic heterocycles. The predicted molar refractivity (Wildman–Crippen MR) is 56.7 cm³/mol. The van der Waals surface area contributed by atoms with Crippen molar-refractivity contribution in [3.63, 3.8) is 0 Å². The maximum atomic E-state index is 5.11. The van der Waals surface area contributed by atoms with Gasteiger partial charge < -0.3 is 11.5 Å². The number of nitrogens with two attached hydrogens (primary N) is 2. The molecule has 2 nitrogen and oxygen atoms in total. The first kappa shape index (κ1) is 22.4. The van der Waals surface area contributed by atoms with Gasteiger partial charge in [0.1, 0.15) is 0 Å². The van der Waals surface area contributed by atoms with Crippen molar-refractivity contribution in [2.75, 3.05) is 6.54 Å². The van der Waals surface area contributed by atoms with Gasteiger partial charge in [-0.05, 0) is 12.6 Å². The first-order chi connectivity index (χ1) is 5.15. The predicted octanol–water partition coefficient (Wildman–Crippen LogP) is 2.15. The van der Waals surface area contributed by atoms with Crippen LogP contribution in [-0.2, 0) is 0 Å². The summed E-state index contributed by atoms with van der Waals surface area (Å²) in [5, 5.41) is 0. The number of hydrogen-bond donors (Lipinski definition) is 2. The van der Waals surface area contributed by atoms with Gasteiger partial charge in [0, 0.05) is 0 Å². The van der Waals surface area contributed by atoms with Crippen molar-refractivity contribution >= 4 is 0 Å². The van der Waals surface area contributed by atoms with Gasteiger partial charge in [0.05, 0.1) is 0 Å². The van der Waals surface area contributed by atoms with Gasteiger partial charge in [0.25, 0.3) is 0 Å². The Bertz CT molecular complexity index is 26.0. The van der Waals surface area contributed by atoms with E-state index in [0.29, 0.717) is 6.04 Å². The Labute approximate surface area is 72.7 Å². The first-order valence-corrected chi connectivity index (χ1v) is 4.10. The third-order valence-corrected chi connectivity index (χ3v) is 0. The fourth-order valence-electron chi connectivity index (χ4n) is 0. The largest absolute Gasteiger partial charge is 0.331 e. The normalized spacial score (nSPS) is 5.82. The lowest BCUT2D eigenvalue weighted by Crippen LogP contribution is -2.06. The monoisotopic (exact) mass is 162 g/mol. The minimum Gasteiger partial charge on any atom is -0.331 e. The molecule has 0 radical (unpaired) electrons. The summed E-state index contributed by atoms with van der Waals surface area (Å²) in [5.74, 6) is 0. The molecule has 2 heteroatoms. The van der Waals surface area contributed by atoms with Gasteiger partial charge in [-0.3, -0.25) is 0 Å². The van der Waals surface area contributed by atoms with E-state index in [9.17, 15) is 0 Å². The highest BCUT2D eigenvalue weighted by molar-refractivity contribution is 4.32. The molecular formula is C9H26N2. The van der Waals surface area contributed by atoms with Gasteiger partial charge in [0.15, 0.2) is 0 Å². The first-order valence-electron chi connectivity index (χ1n) is 4.10. The summed E-state index contributed by atoms with van der Waals surface area (Å²) in [5.41, 5.74) is 9.96. The summed E-state index contributed by atoms with van der Waals surface area (Å²) >= 11 is 0. The molecule has 0 saturated heterocycles. The molecule has 0 amide bonds. The molecule has 0 bridgehead atoms. The zero-order valence-electron chi connectivity index (χ0n) is 8.85. The molecule has 0 heterocycles. The Hall–Kier alpha value is -0.340. The van der Waals surface area contributed by atoms with E-state index in [4.69, 9.17) is 11.5 Å². The highest BCUT2D eigenvalue weighted by atomic mass is 14.6. The van der Waals surface area contributed by atoms with Gasteiger partial charge in [0.2, 0.25) is 0 Å². The standard InChI is InChI=1S/C3H9N.C2H7N.C2H6.C2H4/c1-3(2)4;1-2-3;2*1-2/h3H,4H2,1-2H3;2-3H2,1H3;1-2H3;1-2H2. The van der Waals surface area contributed by atoms with E-state index >= 15 is 0 Å². The van der Waals surface area contributed by atoms with Crippen molar-refractivity contribution < 1.29 is 0 Å². The average Bonchev–Trinajstić information content (AvgIpc) is 1.96. The van der Waals surface area contributed by atoms with Crippen molar-refractivity contribution in [1.82, 2.24) is 0 Å². The zero-order valence-corrected chi connectivity index (χ0v) is 8.85. The molecule has 0 fully saturated rings. The van der Waals surface area contributed by atoms with Crippen LogP contribution in [0.15, 0.2) is 13.2 Å². The van der Waals surface area contributed by atoms with E-state index in [2.05, 4.69) is 13.2 Å². The third-order valence-electron chi connectivity index (χ3n) is 0. The van der Waals surface area contributed by atoms with Crippen LogP contribution in [0.2, 0.25) is 0 Å². The molecule has 0 aromatic rings. The molecule has 0 aliphatic carbocycles. The average molecular weight is 162 g/mol. The molecule has 4 N–H and O–H groups in total. The minimum atomic E-state index is 0.333. The fourth-order valence-corrected chi connectivity index (χ4v) is 0. The highest BCUT2D eigenvalue weighted by Crippen LogP contribution is 1.58. The molecule has 0 aromatic carbocycles. The maximum Gasteiger partial charge on any atom is -0.00179 e. The Morgan fingerprint density at radius 2 is 1.18 bits per heavy atom. The second-order valence-corrected chi connectivity index (χ2v) is 1.65. The van der Waals surface area contributed by atoms with Crippen LogP contribution in [0.1, 0.15) is 34.6 Å². The van der Waals surface area contributed by atoms with E-state index in [1.54, 1.807) is 0 Å². The van der Waals surface area contributed by atoms with Crippen molar-refractivity contribution in [1.29, 1.82) is 0 Å². The second-order valence-electron chi connectivity index (χ2n) is 1.65. The van der Waals surface area contributed by atoms with E-state index in [1.165, 1.54) is 0 Å². The van der Waals surface area contributed by atoms with Crippen molar-refractivity contribution in [3.8, 4) is 0 Å². The lowest BCUT2D eigenvalue weighted by atomic mass is 10.5. The molecular weight excluding hydrogens is 136 g/mol. The lowest BCUT2D eigenvalue weighted by molar-refractivity contribution is 0.834. The van der Waals surface area contributed by atoms with E-state index in [1.807, 2.05) is 34.6 Å². The van der Waals surface area contributed by atoms with E-state index < -0.39 is 0 Å². The molecule has 0 unspecified atom stereocenters. The van der Waals surface area contributed by atoms with Crippen LogP contribution in [0.5, 0.6) is 0 Å². The molecule has 0 aromatic heterocycles. The van der Waals surface area contributed by atoms with E-state index in [-0.39, 0.29) is 0 Å². The summed E-state index contributed by atoms with van der Waals surface area (Å²) in [6.45, 7) is 16.5. The van der Waals surface area contributed by atoms with Crippen molar-refractivity contribution in [3.05, 3.63) is 13.2 Å². The van der Waals surface area contributed by atoms with Crippen LogP contribution < -0.4 is 11.5 Å². The van der Waals surface area contributed by atoms with Crippen molar-refractivity contribution in [2.45, 2.75) is 40.7 Å². The molecule has 0 spiro atoms. The quantitative estimate of drug-likeness (QED) is 0.536. The number of hydrogen-bond acceptors (Lipinski definition) is 2. The SMILES string of the molecule is C=C.CC.CC(C)N.CCN. The molecule has 0 rings (SSSR count). The van der Waals surface area contributed by atoms with Crippen molar-refractivity contribution in [2.24, 2.45) is 11.5 Å². The summed E-state index contributed by atoms with van der Waals surface area (Å²) in [7, 11) is 0. The van der Waals surface area contributed by atoms with Gasteiger partial charge in [-0.15, -0.1) is 13.2 Å². The minimum absolute atomic E-state index is 0.333. The summed E-state index contributed by atoms with van der Waals surface area (Å²) in [6, 6.07) is 0.333. The smallest absolute Gasteiger partial charge is 0.00179 e. The molecule has 0 aliphatic rings. The Morgan fingerprint density at radius 1 is 1.18 bits per heavy atom. The number of rotatable bonds is 0. The van der Waals surface area contributed by atoms with Crippen LogP contribution in [0.3, 0.4) is 0 Å². The topological polar surface area (TPSA) is 52.0 Å². The lowest BCUT2D eigenvalue weighted by Gasteiger charge is -1.81. The van der Waals surface area contributed by atoms with Crippen LogP contribution in [0, 0.1) is 0 Å². The summed E-state index contributed by atoms with van der Waals surface area (Å²) < 4.78 is 0. The summed E-state index contributed by atoms with van der Waals surface area (Å²) in [6.07, 6.45) is 0. The zero-order chi connectivity index (χ0) is 10.3. The molecule has 72 valence electrons.